The van der Waals surface area contributed by atoms with Crippen LogP contribution in [0.15, 0.2) is 0 Å². The Morgan fingerprint density at radius 3 is 2.67 bits per heavy atom. The molecule has 0 spiro atoms. The second kappa shape index (κ2) is 4.45. The lowest BCUT2D eigenvalue weighted by Crippen LogP contribution is -2.38. The average molecular weight is 170 g/mol. The van der Waals surface area contributed by atoms with Crippen molar-refractivity contribution in [2.24, 2.45) is 5.92 Å². The van der Waals surface area contributed by atoms with E-state index < -0.39 is 0 Å². The van der Waals surface area contributed by atoms with Gasteiger partial charge < -0.3 is 10.6 Å². The van der Waals surface area contributed by atoms with Gasteiger partial charge in [0, 0.05) is 13.1 Å². The van der Waals surface area contributed by atoms with Gasteiger partial charge in [0.2, 0.25) is 5.91 Å². The van der Waals surface area contributed by atoms with E-state index in [0.717, 1.165) is 12.3 Å². The number of rotatable bonds is 5. The summed E-state index contributed by atoms with van der Waals surface area (Å²) in [5, 5.41) is 5.87. The predicted molar refractivity (Wildman–Crippen MR) is 48.9 cm³/mol. The van der Waals surface area contributed by atoms with Gasteiger partial charge in [-0.25, -0.2) is 0 Å². The van der Waals surface area contributed by atoms with E-state index >= 15 is 0 Å². The van der Waals surface area contributed by atoms with Crippen LogP contribution in [0.2, 0.25) is 0 Å². The molecule has 1 aliphatic rings. The minimum Gasteiger partial charge on any atom is -0.358 e. The fourth-order valence-electron chi connectivity index (χ4n) is 1.46. The molecule has 0 aromatic heterocycles. The molecule has 1 fully saturated rings. The molecule has 0 saturated heterocycles. The summed E-state index contributed by atoms with van der Waals surface area (Å²) in [6.07, 6.45) is 3.79. The van der Waals surface area contributed by atoms with Crippen molar-refractivity contribution in [3.63, 3.8) is 0 Å². The third kappa shape index (κ3) is 2.81. The lowest BCUT2D eigenvalue weighted by molar-refractivity contribution is -0.119. The maximum Gasteiger partial charge on any atom is 0.233 e. The Morgan fingerprint density at radius 1 is 1.58 bits per heavy atom. The van der Waals surface area contributed by atoms with Gasteiger partial charge in [0.15, 0.2) is 0 Å². The summed E-state index contributed by atoms with van der Waals surface area (Å²) in [4.78, 5) is 10.9. The standard InChI is InChI=1S/C9H18N2O/c1-3-8(7-4-5-7)11-6-9(12)10-2/h7-8,11H,3-6H2,1-2H3,(H,10,12). The van der Waals surface area contributed by atoms with E-state index in [-0.39, 0.29) is 5.91 Å². The minimum atomic E-state index is 0.0779. The van der Waals surface area contributed by atoms with Gasteiger partial charge in [-0.05, 0) is 25.2 Å². The Hall–Kier alpha value is -0.570. The van der Waals surface area contributed by atoms with E-state index in [2.05, 4.69) is 17.6 Å². The largest absolute Gasteiger partial charge is 0.358 e. The van der Waals surface area contributed by atoms with Gasteiger partial charge >= 0.3 is 0 Å². The van der Waals surface area contributed by atoms with Crippen LogP contribution in [-0.2, 0) is 4.79 Å². The molecule has 0 aliphatic heterocycles. The van der Waals surface area contributed by atoms with Crippen LogP contribution in [0.4, 0.5) is 0 Å². The quantitative estimate of drug-likeness (QED) is 0.631. The number of hydrogen-bond donors (Lipinski definition) is 2. The first kappa shape index (κ1) is 9.52. The summed E-state index contributed by atoms with van der Waals surface area (Å²) in [5.74, 6) is 0.911. The van der Waals surface area contributed by atoms with Crippen molar-refractivity contribution in [1.82, 2.24) is 10.6 Å². The highest BCUT2D eigenvalue weighted by atomic mass is 16.1. The zero-order chi connectivity index (χ0) is 8.97. The zero-order valence-corrected chi connectivity index (χ0v) is 7.89. The van der Waals surface area contributed by atoms with Crippen LogP contribution in [0, 0.1) is 5.92 Å². The van der Waals surface area contributed by atoms with Gasteiger partial charge in [-0.2, -0.15) is 0 Å². The summed E-state index contributed by atoms with van der Waals surface area (Å²) in [6, 6.07) is 0.558. The predicted octanol–water partition coefficient (Wildman–Crippen LogP) is 0.511. The van der Waals surface area contributed by atoms with Gasteiger partial charge in [0.25, 0.3) is 0 Å². The molecule has 0 aromatic rings. The van der Waals surface area contributed by atoms with Gasteiger partial charge in [0.05, 0.1) is 6.54 Å². The average Bonchev–Trinajstić information content (AvgIpc) is 2.89. The normalized spacial score (nSPS) is 18.8. The Balaban J connectivity index is 2.14. The lowest BCUT2D eigenvalue weighted by Gasteiger charge is -2.14. The molecular weight excluding hydrogens is 152 g/mol. The summed E-state index contributed by atoms with van der Waals surface area (Å²) in [5.41, 5.74) is 0. The highest BCUT2D eigenvalue weighted by molar-refractivity contribution is 5.77. The number of carbonyl (C=O) groups excluding carboxylic acids is 1. The van der Waals surface area contributed by atoms with Gasteiger partial charge in [-0.15, -0.1) is 0 Å². The second-order valence-electron chi connectivity index (χ2n) is 3.41. The highest BCUT2D eigenvalue weighted by Crippen LogP contribution is 2.33. The first-order valence-corrected chi connectivity index (χ1v) is 4.72. The highest BCUT2D eigenvalue weighted by Gasteiger charge is 2.29. The second-order valence-corrected chi connectivity index (χ2v) is 3.41. The van der Waals surface area contributed by atoms with Crippen molar-refractivity contribution in [3.05, 3.63) is 0 Å². The van der Waals surface area contributed by atoms with E-state index in [9.17, 15) is 4.79 Å². The fraction of sp³-hybridized carbons (Fsp3) is 0.889. The fourth-order valence-corrected chi connectivity index (χ4v) is 1.46. The van der Waals surface area contributed by atoms with Crippen LogP contribution in [0.3, 0.4) is 0 Å². The molecular formula is C9H18N2O. The van der Waals surface area contributed by atoms with Crippen molar-refractivity contribution >= 4 is 5.91 Å². The van der Waals surface area contributed by atoms with E-state index in [1.165, 1.54) is 12.8 Å². The molecule has 0 bridgehead atoms. The van der Waals surface area contributed by atoms with Crippen LogP contribution < -0.4 is 10.6 Å². The Morgan fingerprint density at radius 2 is 2.25 bits per heavy atom. The summed E-state index contributed by atoms with van der Waals surface area (Å²) < 4.78 is 0. The molecule has 12 heavy (non-hydrogen) atoms. The maximum atomic E-state index is 10.9. The molecule has 2 N–H and O–H groups in total. The lowest BCUT2D eigenvalue weighted by atomic mass is 10.1. The minimum absolute atomic E-state index is 0.0779. The van der Waals surface area contributed by atoms with Crippen molar-refractivity contribution in [3.8, 4) is 0 Å². The SMILES string of the molecule is CCC(NCC(=O)NC)C1CC1. The summed E-state index contributed by atoms with van der Waals surface area (Å²) in [7, 11) is 1.67. The smallest absolute Gasteiger partial charge is 0.233 e. The third-order valence-electron chi connectivity index (χ3n) is 2.43. The van der Waals surface area contributed by atoms with Crippen molar-refractivity contribution in [2.45, 2.75) is 32.2 Å². The molecule has 0 aromatic carbocycles. The molecule has 1 unspecified atom stereocenters. The summed E-state index contributed by atoms with van der Waals surface area (Å²) in [6.45, 7) is 2.63. The van der Waals surface area contributed by atoms with Crippen LogP contribution in [-0.4, -0.2) is 25.5 Å². The number of amides is 1. The molecule has 0 radical (unpaired) electrons. The molecule has 3 nitrogen and oxygen atoms in total. The van der Waals surface area contributed by atoms with Crippen molar-refractivity contribution in [2.75, 3.05) is 13.6 Å². The monoisotopic (exact) mass is 170 g/mol. The van der Waals surface area contributed by atoms with Crippen LogP contribution in [0.1, 0.15) is 26.2 Å². The van der Waals surface area contributed by atoms with Gasteiger partial charge in [0.1, 0.15) is 0 Å². The number of hydrogen-bond acceptors (Lipinski definition) is 2. The Bertz CT molecular complexity index is 155. The molecule has 1 saturated carbocycles. The maximum absolute atomic E-state index is 10.9. The number of nitrogens with one attached hydrogen (secondary N) is 2. The van der Waals surface area contributed by atoms with Crippen LogP contribution >= 0.6 is 0 Å². The summed E-state index contributed by atoms with van der Waals surface area (Å²) >= 11 is 0. The Kier molecular flexibility index (Phi) is 3.53. The molecule has 1 atom stereocenters. The molecule has 1 amide bonds. The first-order valence-electron chi connectivity index (χ1n) is 4.72. The van der Waals surface area contributed by atoms with E-state index in [0.29, 0.717) is 12.6 Å². The topological polar surface area (TPSA) is 41.1 Å². The van der Waals surface area contributed by atoms with E-state index in [1.807, 2.05) is 0 Å². The number of likely N-dealkylation sites (N-methyl/N-ethyl adjacent to an activating group) is 1. The number of carbonyl (C=O) groups is 1. The Labute approximate surface area is 73.9 Å². The van der Waals surface area contributed by atoms with E-state index in [4.69, 9.17) is 0 Å². The van der Waals surface area contributed by atoms with Crippen molar-refractivity contribution in [1.29, 1.82) is 0 Å². The molecule has 70 valence electrons. The van der Waals surface area contributed by atoms with Gasteiger partial charge in [-0.1, -0.05) is 6.92 Å². The van der Waals surface area contributed by atoms with Crippen LogP contribution in [0.5, 0.6) is 0 Å². The van der Waals surface area contributed by atoms with Crippen molar-refractivity contribution < 1.29 is 4.79 Å². The molecule has 0 heterocycles. The first-order chi connectivity index (χ1) is 5.77. The molecule has 1 rings (SSSR count). The zero-order valence-electron chi connectivity index (χ0n) is 7.89. The third-order valence-corrected chi connectivity index (χ3v) is 2.43. The van der Waals surface area contributed by atoms with Crippen LogP contribution in [0.25, 0.3) is 0 Å². The van der Waals surface area contributed by atoms with Gasteiger partial charge in [-0.3, -0.25) is 4.79 Å². The molecule has 1 aliphatic carbocycles. The molecule has 3 heteroatoms. The van der Waals surface area contributed by atoms with E-state index in [1.54, 1.807) is 7.05 Å².